The van der Waals surface area contributed by atoms with Crippen LogP contribution in [0, 0.1) is 0 Å². The molecule has 0 saturated carbocycles. The average Bonchev–Trinajstić information content (AvgIpc) is 3.54. The van der Waals surface area contributed by atoms with Gasteiger partial charge in [0.15, 0.2) is 0 Å². The molecule has 264 valence electrons. The summed E-state index contributed by atoms with van der Waals surface area (Å²) in [5.41, 5.74) is 3.33. The molecule has 50 heavy (non-hydrogen) atoms. The number of alkyl carbamates (subject to hydrolysis) is 1. The van der Waals surface area contributed by atoms with Gasteiger partial charge in [-0.25, -0.2) is 14.6 Å². The Morgan fingerprint density at radius 2 is 1.96 bits per heavy atom. The van der Waals surface area contributed by atoms with Crippen LogP contribution in [-0.2, 0) is 19.1 Å². The number of rotatable bonds is 9. The Morgan fingerprint density at radius 1 is 1.14 bits per heavy atom. The zero-order valence-corrected chi connectivity index (χ0v) is 28.5. The number of allylic oxidation sites excluding steroid dienone is 1. The molecule has 3 aromatic rings. The van der Waals surface area contributed by atoms with Gasteiger partial charge in [0.1, 0.15) is 30.0 Å². The molecule has 3 amide bonds. The highest BCUT2D eigenvalue weighted by Gasteiger charge is 2.44. The van der Waals surface area contributed by atoms with Crippen LogP contribution >= 0.6 is 0 Å². The minimum Gasteiger partial charge on any atom is -0.488 e. The maximum atomic E-state index is 14.2. The highest BCUT2D eigenvalue weighted by molar-refractivity contribution is 5.94. The van der Waals surface area contributed by atoms with Crippen molar-refractivity contribution >= 4 is 40.9 Å². The number of carbonyl (C=O) groups excluding carboxylic acids is 3. The third-order valence-corrected chi connectivity index (χ3v) is 9.02. The number of hydrogen-bond donors (Lipinski definition) is 3. The largest absolute Gasteiger partial charge is 0.488 e. The van der Waals surface area contributed by atoms with E-state index in [-0.39, 0.29) is 26.0 Å². The third kappa shape index (κ3) is 9.28. The summed E-state index contributed by atoms with van der Waals surface area (Å²) in [6.07, 6.45) is 9.53. The van der Waals surface area contributed by atoms with Gasteiger partial charge in [-0.3, -0.25) is 9.59 Å². The number of carboxylic acid groups (broad SMARTS) is 1. The lowest BCUT2D eigenvalue weighted by molar-refractivity contribution is -0.144. The number of cyclic esters (lactones) is 1. The first kappa shape index (κ1) is 36.1. The van der Waals surface area contributed by atoms with Crippen molar-refractivity contribution < 1.29 is 33.8 Å². The highest BCUT2D eigenvalue weighted by atomic mass is 16.5. The van der Waals surface area contributed by atoms with E-state index in [0.29, 0.717) is 30.7 Å². The first-order valence-electron chi connectivity index (χ1n) is 17.5. The summed E-state index contributed by atoms with van der Waals surface area (Å²) < 4.78 is 12.1. The van der Waals surface area contributed by atoms with Gasteiger partial charge in [-0.2, -0.15) is 0 Å². The second-order valence-electron chi connectivity index (χ2n) is 12.8. The van der Waals surface area contributed by atoms with Gasteiger partial charge in [0.2, 0.25) is 11.8 Å². The number of aromatic nitrogens is 1. The molecule has 1 unspecified atom stereocenters. The van der Waals surface area contributed by atoms with Crippen LogP contribution in [0.15, 0.2) is 73.3 Å². The molecule has 1 saturated heterocycles. The number of nitrogens with zero attached hydrogens (tertiary/aromatic N) is 2. The molecule has 11 heteroatoms. The number of benzene rings is 2. The lowest BCUT2D eigenvalue weighted by Gasteiger charge is -2.29. The van der Waals surface area contributed by atoms with E-state index < -0.39 is 48.1 Å². The van der Waals surface area contributed by atoms with Crippen LogP contribution in [0.1, 0.15) is 70.3 Å². The predicted octanol–water partition coefficient (Wildman–Crippen LogP) is 6.27. The Balaban J connectivity index is 1.55. The van der Waals surface area contributed by atoms with Crippen molar-refractivity contribution in [2.45, 2.75) is 88.9 Å². The minimum absolute atomic E-state index is 0.0102. The van der Waals surface area contributed by atoms with Gasteiger partial charge < -0.3 is 30.1 Å². The fourth-order valence-corrected chi connectivity index (χ4v) is 6.36. The second-order valence-corrected chi connectivity index (χ2v) is 12.8. The normalized spacial score (nSPS) is 21.4. The maximum absolute atomic E-state index is 14.2. The van der Waals surface area contributed by atoms with Crippen molar-refractivity contribution in [3.8, 4) is 17.0 Å². The summed E-state index contributed by atoms with van der Waals surface area (Å²) >= 11 is 0. The molecule has 5 rings (SSSR count). The molecular weight excluding hydrogens is 636 g/mol. The van der Waals surface area contributed by atoms with Gasteiger partial charge in [0, 0.05) is 23.4 Å². The van der Waals surface area contributed by atoms with Crippen molar-refractivity contribution in [1.82, 2.24) is 20.5 Å². The smallest absolute Gasteiger partial charge is 0.407 e. The maximum Gasteiger partial charge on any atom is 0.407 e. The van der Waals surface area contributed by atoms with Crippen molar-refractivity contribution in [3.05, 3.63) is 78.9 Å². The van der Waals surface area contributed by atoms with E-state index in [1.807, 2.05) is 61.5 Å². The predicted molar refractivity (Wildman–Crippen MR) is 191 cm³/mol. The monoisotopic (exact) mass is 682 g/mol. The summed E-state index contributed by atoms with van der Waals surface area (Å²) in [7, 11) is 0. The van der Waals surface area contributed by atoms with Crippen LogP contribution in [0.5, 0.6) is 5.75 Å². The van der Waals surface area contributed by atoms with Gasteiger partial charge >= 0.3 is 12.1 Å². The molecule has 0 spiro atoms. The SMILES string of the molecule is C=CCC(NC(=O)[C@@H]1C[C@@H]2CN1C(=O)[C@H](CCCC)NC(=O)OCCCCC/C=C/c1ccc3nc(-c4ccccc4)cc(c3c1)O2)C(=O)O. The summed E-state index contributed by atoms with van der Waals surface area (Å²) in [6.45, 7) is 5.86. The molecule has 4 atom stereocenters. The van der Waals surface area contributed by atoms with Gasteiger partial charge in [-0.1, -0.05) is 74.4 Å². The number of carboxylic acids is 1. The number of hydrogen-bond acceptors (Lipinski definition) is 7. The molecule has 1 fully saturated rings. The Hall–Kier alpha value is -5.19. The molecule has 3 N–H and O–H groups in total. The van der Waals surface area contributed by atoms with Crippen molar-refractivity contribution in [2.75, 3.05) is 13.2 Å². The summed E-state index contributed by atoms with van der Waals surface area (Å²) in [5.74, 6) is -1.73. The molecule has 3 heterocycles. The summed E-state index contributed by atoms with van der Waals surface area (Å²) in [6, 6.07) is 14.4. The molecule has 1 aromatic heterocycles. The molecule has 2 aliphatic rings. The van der Waals surface area contributed by atoms with Crippen LogP contribution in [0.3, 0.4) is 0 Å². The topological polar surface area (TPSA) is 147 Å². The highest BCUT2D eigenvalue weighted by Crippen LogP contribution is 2.34. The van der Waals surface area contributed by atoms with Crippen LogP contribution in [0.2, 0.25) is 0 Å². The number of nitrogens with one attached hydrogen (secondary N) is 2. The first-order chi connectivity index (χ1) is 24.3. The second kappa shape index (κ2) is 17.5. The number of carbonyl (C=O) groups is 4. The number of unbranched alkanes of at least 4 members (excludes halogenated alkanes) is 1. The summed E-state index contributed by atoms with van der Waals surface area (Å²) in [5, 5.41) is 15.8. The van der Waals surface area contributed by atoms with E-state index in [9.17, 15) is 24.3 Å². The van der Waals surface area contributed by atoms with Gasteiger partial charge in [-0.15, -0.1) is 6.58 Å². The first-order valence-corrected chi connectivity index (χ1v) is 17.5. The third-order valence-electron chi connectivity index (χ3n) is 9.02. The van der Waals surface area contributed by atoms with Crippen molar-refractivity contribution in [3.63, 3.8) is 0 Å². The number of aliphatic carboxylic acids is 1. The molecule has 4 bridgehead atoms. The Labute approximate surface area is 292 Å². The van der Waals surface area contributed by atoms with E-state index in [0.717, 1.165) is 47.7 Å². The minimum atomic E-state index is -1.22. The number of ether oxygens (including phenoxy) is 2. The number of amides is 3. The average molecular weight is 683 g/mol. The molecule has 2 aliphatic heterocycles. The van der Waals surface area contributed by atoms with Crippen molar-refractivity contribution in [2.24, 2.45) is 0 Å². The van der Waals surface area contributed by atoms with Crippen LogP contribution in [-0.4, -0.2) is 76.2 Å². The number of pyridine rings is 1. The lowest BCUT2D eigenvalue weighted by Crippen LogP contribution is -2.55. The standard InChI is InChI=1S/C39H46N4O7/c1-3-5-18-31-37(45)43-25-28(23-34(43)36(44)41-32(14-4-2)38(46)47)50-35-24-33(27-16-11-9-12-17-27)40-30-20-19-26(22-29(30)35)15-10-7-6-8-13-21-49-39(48)42-31/h4,9-12,15-17,19-20,22,24,28,31-32,34H,2-3,5-8,13-14,18,21,23,25H2,1H3,(H,41,44)(H,42,48)(H,46,47)/b15-10+/t28-,31+,32?,34+/m1/s1. The molecular formula is C39H46N4O7. The number of fused-ring (bicyclic) bond motifs is 3. The molecule has 2 aromatic carbocycles. The molecule has 0 aliphatic carbocycles. The van der Waals surface area contributed by atoms with Crippen molar-refractivity contribution in [1.29, 1.82) is 0 Å². The van der Waals surface area contributed by atoms with Crippen LogP contribution in [0.25, 0.3) is 28.2 Å². The van der Waals surface area contributed by atoms with E-state index in [2.05, 4.69) is 29.4 Å². The quantitative estimate of drug-likeness (QED) is 0.224. The lowest BCUT2D eigenvalue weighted by atomic mass is 10.1. The van der Waals surface area contributed by atoms with Crippen LogP contribution in [0.4, 0.5) is 4.79 Å². The Kier molecular flexibility index (Phi) is 12.6. The van der Waals surface area contributed by atoms with E-state index in [4.69, 9.17) is 14.5 Å². The van der Waals surface area contributed by atoms with Gasteiger partial charge in [0.05, 0.1) is 24.4 Å². The Bertz CT molecular complexity index is 1710. The molecule has 11 nitrogen and oxygen atoms in total. The van der Waals surface area contributed by atoms with Gasteiger partial charge in [0.25, 0.3) is 0 Å². The fraction of sp³-hybridized carbons (Fsp3) is 0.410. The fourth-order valence-electron chi connectivity index (χ4n) is 6.36. The van der Waals surface area contributed by atoms with E-state index >= 15 is 0 Å². The zero-order chi connectivity index (χ0) is 35.5. The van der Waals surface area contributed by atoms with Gasteiger partial charge in [-0.05, 0) is 56.2 Å². The summed E-state index contributed by atoms with van der Waals surface area (Å²) in [4.78, 5) is 59.1. The zero-order valence-electron chi connectivity index (χ0n) is 28.5. The van der Waals surface area contributed by atoms with Crippen LogP contribution < -0.4 is 15.4 Å². The molecule has 0 radical (unpaired) electrons. The van der Waals surface area contributed by atoms with E-state index in [1.54, 1.807) is 0 Å². The Morgan fingerprint density at radius 3 is 2.72 bits per heavy atom. The van der Waals surface area contributed by atoms with E-state index in [1.165, 1.54) is 11.0 Å².